The molecule has 1 aromatic heterocycles. The largest absolute Gasteiger partial charge is 0.370 e. The molecule has 0 unspecified atom stereocenters. The highest BCUT2D eigenvalue weighted by molar-refractivity contribution is 6.30. The van der Waals surface area contributed by atoms with Crippen LogP contribution in [-0.4, -0.2) is 16.5 Å². The molecule has 1 heterocycles. The third kappa shape index (κ3) is 4.33. The van der Waals surface area contributed by atoms with E-state index in [0.29, 0.717) is 6.54 Å². The van der Waals surface area contributed by atoms with Gasteiger partial charge >= 0.3 is 0 Å². The van der Waals surface area contributed by atoms with Gasteiger partial charge in [-0.15, -0.1) is 0 Å². The van der Waals surface area contributed by atoms with Gasteiger partial charge in [-0.25, -0.2) is 9.97 Å². The lowest BCUT2D eigenvalue weighted by molar-refractivity contribution is 0.942. The van der Waals surface area contributed by atoms with Crippen molar-refractivity contribution in [3.8, 4) is 0 Å². The van der Waals surface area contributed by atoms with Crippen molar-refractivity contribution in [1.29, 1.82) is 0 Å². The molecule has 2 N–H and O–H groups in total. The maximum absolute atomic E-state index is 5.89. The van der Waals surface area contributed by atoms with Gasteiger partial charge in [0.1, 0.15) is 17.5 Å². The number of nitrogens with one attached hydrogen (secondary N) is 2. The van der Waals surface area contributed by atoms with Crippen LogP contribution in [0.5, 0.6) is 0 Å². The van der Waals surface area contributed by atoms with Crippen molar-refractivity contribution in [2.24, 2.45) is 0 Å². The van der Waals surface area contributed by atoms with E-state index in [1.54, 1.807) is 0 Å². The lowest BCUT2D eigenvalue weighted by atomic mass is 10.2. The second-order valence-corrected chi connectivity index (χ2v) is 5.44. The summed E-state index contributed by atoms with van der Waals surface area (Å²) in [7, 11) is 0. The van der Waals surface area contributed by atoms with Crippen molar-refractivity contribution < 1.29 is 0 Å². The number of hydrogen-bond donors (Lipinski definition) is 2. The van der Waals surface area contributed by atoms with Gasteiger partial charge < -0.3 is 10.6 Å². The first-order valence-electron chi connectivity index (χ1n) is 7.17. The van der Waals surface area contributed by atoms with Crippen LogP contribution >= 0.6 is 11.6 Å². The van der Waals surface area contributed by atoms with Gasteiger partial charge in [0, 0.05) is 23.7 Å². The van der Waals surface area contributed by atoms with Gasteiger partial charge in [-0.1, -0.05) is 30.7 Å². The van der Waals surface area contributed by atoms with Gasteiger partial charge in [0.15, 0.2) is 0 Å². The Morgan fingerprint density at radius 1 is 1.00 bits per heavy atom. The number of aromatic nitrogens is 2. The van der Waals surface area contributed by atoms with Crippen LogP contribution < -0.4 is 10.6 Å². The van der Waals surface area contributed by atoms with E-state index in [4.69, 9.17) is 11.6 Å². The van der Waals surface area contributed by atoms with Crippen LogP contribution in [0.2, 0.25) is 5.02 Å². The fourth-order valence-electron chi connectivity index (χ4n) is 2.00. The molecule has 2 rings (SSSR count). The molecular weight excluding hydrogens is 284 g/mol. The molecule has 0 saturated heterocycles. The Morgan fingerprint density at radius 3 is 2.24 bits per heavy atom. The zero-order chi connectivity index (χ0) is 15.2. The number of halogens is 1. The first-order valence-corrected chi connectivity index (χ1v) is 7.55. The molecule has 0 aliphatic heterocycles. The third-order valence-corrected chi connectivity index (χ3v) is 3.43. The number of nitrogens with zero attached hydrogens (tertiary/aromatic N) is 2. The lowest BCUT2D eigenvalue weighted by Crippen LogP contribution is -2.10. The summed E-state index contributed by atoms with van der Waals surface area (Å²) in [5, 5.41) is 7.46. The fourth-order valence-corrected chi connectivity index (χ4v) is 2.13. The summed E-state index contributed by atoms with van der Waals surface area (Å²) in [6.07, 6.45) is 1.07. The van der Waals surface area contributed by atoms with Gasteiger partial charge in [-0.05, 0) is 38.0 Å². The minimum Gasteiger partial charge on any atom is -0.370 e. The van der Waals surface area contributed by atoms with Crippen molar-refractivity contribution in [2.75, 3.05) is 17.2 Å². The van der Waals surface area contributed by atoms with Crippen molar-refractivity contribution >= 4 is 23.2 Å². The molecule has 21 heavy (non-hydrogen) atoms. The average molecular weight is 305 g/mol. The Balaban J connectivity index is 2.11. The van der Waals surface area contributed by atoms with Crippen LogP contribution in [0.1, 0.15) is 30.3 Å². The molecule has 0 saturated carbocycles. The standard InChI is InChI=1S/C16H21ClN4/c1-4-9-18-15-11(2)16(21-12(3)20-15)19-10-13-5-7-14(17)8-6-13/h5-8H,4,9-10H2,1-3H3,(H2,18,19,20,21). The summed E-state index contributed by atoms with van der Waals surface area (Å²) in [6, 6.07) is 7.81. The van der Waals surface area contributed by atoms with Crippen LogP contribution in [0.15, 0.2) is 24.3 Å². The van der Waals surface area contributed by atoms with Gasteiger partial charge in [0.05, 0.1) is 0 Å². The molecule has 0 atom stereocenters. The predicted octanol–water partition coefficient (Wildman–Crippen LogP) is 4.18. The van der Waals surface area contributed by atoms with Gasteiger partial charge in [-0.2, -0.15) is 0 Å². The minimum atomic E-state index is 0.710. The molecule has 112 valence electrons. The molecule has 0 amide bonds. The van der Waals surface area contributed by atoms with E-state index in [9.17, 15) is 0 Å². The average Bonchev–Trinajstić information content (AvgIpc) is 2.48. The highest BCUT2D eigenvalue weighted by Gasteiger charge is 2.08. The zero-order valence-electron chi connectivity index (χ0n) is 12.7. The van der Waals surface area contributed by atoms with Crippen LogP contribution in [-0.2, 0) is 6.54 Å². The Morgan fingerprint density at radius 2 is 1.62 bits per heavy atom. The van der Waals surface area contributed by atoms with Gasteiger partial charge in [-0.3, -0.25) is 0 Å². The summed E-state index contributed by atoms with van der Waals surface area (Å²) in [4.78, 5) is 8.94. The Hall–Kier alpha value is -1.81. The number of benzene rings is 1. The summed E-state index contributed by atoms with van der Waals surface area (Å²) in [6.45, 7) is 7.69. The molecule has 0 spiro atoms. The van der Waals surface area contributed by atoms with Gasteiger partial charge in [0.2, 0.25) is 0 Å². The van der Waals surface area contributed by atoms with Crippen LogP contribution in [0.3, 0.4) is 0 Å². The number of aryl methyl sites for hydroxylation is 1. The van der Waals surface area contributed by atoms with Gasteiger partial charge in [0.25, 0.3) is 0 Å². The second-order valence-electron chi connectivity index (χ2n) is 5.00. The van der Waals surface area contributed by atoms with E-state index in [0.717, 1.165) is 46.6 Å². The summed E-state index contributed by atoms with van der Waals surface area (Å²) >= 11 is 5.89. The quantitative estimate of drug-likeness (QED) is 0.840. The van der Waals surface area contributed by atoms with Crippen LogP contribution in [0.25, 0.3) is 0 Å². The Kier molecular flexibility index (Phi) is 5.39. The minimum absolute atomic E-state index is 0.710. The molecule has 2 aromatic rings. The fraction of sp³-hybridized carbons (Fsp3) is 0.375. The van der Waals surface area contributed by atoms with Crippen LogP contribution in [0, 0.1) is 13.8 Å². The molecule has 5 heteroatoms. The van der Waals surface area contributed by atoms with E-state index >= 15 is 0 Å². The van der Waals surface area contributed by atoms with E-state index in [1.807, 2.05) is 38.1 Å². The molecular formula is C16H21ClN4. The molecule has 0 aliphatic rings. The lowest BCUT2D eigenvalue weighted by Gasteiger charge is -2.14. The molecule has 0 bridgehead atoms. The molecule has 0 radical (unpaired) electrons. The Labute approximate surface area is 131 Å². The van der Waals surface area contributed by atoms with Crippen molar-refractivity contribution in [3.63, 3.8) is 0 Å². The normalized spacial score (nSPS) is 10.5. The van der Waals surface area contributed by atoms with E-state index in [-0.39, 0.29) is 0 Å². The highest BCUT2D eigenvalue weighted by atomic mass is 35.5. The molecule has 1 aromatic carbocycles. The number of rotatable bonds is 6. The zero-order valence-corrected chi connectivity index (χ0v) is 13.5. The maximum atomic E-state index is 5.89. The predicted molar refractivity (Wildman–Crippen MR) is 89.1 cm³/mol. The monoisotopic (exact) mass is 304 g/mol. The maximum Gasteiger partial charge on any atom is 0.135 e. The molecule has 0 aliphatic carbocycles. The summed E-state index contributed by atoms with van der Waals surface area (Å²) in [5.41, 5.74) is 2.21. The Bertz CT molecular complexity index is 596. The first kappa shape index (κ1) is 15.6. The topological polar surface area (TPSA) is 49.8 Å². The molecule has 0 fully saturated rings. The summed E-state index contributed by atoms with van der Waals surface area (Å²) < 4.78 is 0. The highest BCUT2D eigenvalue weighted by Crippen LogP contribution is 2.20. The third-order valence-electron chi connectivity index (χ3n) is 3.17. The first-order chi connectivity index (χ1) is 10.1. The van der Waals surface area contributed by atoms with E-state index < -0.39 is 0 Å². The SMILES string of the molecule is CCCNc1nc(C)nc(NCc2ccc(Cl)cc2)c1C. The van der Waals surface area contributed by atoms with Crippen molar-refractivity contribution in [1.82, 2.24) is 9.97 Å². The van der Waals surface area contributed by atoms with E-state index in [2.05, 4.69) is 27.5 Å². The van der Waals surface area contributed by atoms with Crippen molar-refractivity contribution in [2.45, 2.75) is 33.7 Å². The molecule has 4 nitrogen and oxygen atoms in total. The smallest absolute Gasteiger partial charge is 0.135 e. The second kappa shape index (κ2) is 7.27. The van der Waals surface area contributed by atoms with E-state index in [1.165, 1.54) is 0 Å². The number of anilines is 2. The number of hydrogen-bond acceptors (Lipinski definition) is 4. The van der Waals surface area contributed by atoms with Crippen LogP contribution in [0.4, 0.5) is 11.6 Å². The summed E-state index contributed by atoms with van der Waals surface area (Å²) in [5.74, 6) is 2.54. The van der Waals surface area contributed by atoms with Crippen molar-refractivity contribution in [3.05, 3.63) is 46.2 Å².